The fourth-order valence-electron chi connectivity index (χ4n) is 2.33. The summed E-state index contributed by atoms with van der Waals surface area (Å²) in [4.78, 5) is 11.5. The van der Waals surface area contributed by atoms with Crippen LogP contribution >= 0.6 is 11.6 Å². The third kappa shape index (κ3) is 2.21. The van der Waals surface area contributed by atoms with E-state index >= 15 is 0 Å². The minimum Gasteiger partial charge on any atom is -0.383 e. The molecular formula is C15H16ClFN4. The number of halogens is 2. The third-order valence-corrected chi connectivity index (χ3v) is 3.83. The fourth-order valence-corrected chi connectivity index (χ4v) is 2.57. The largest absolute Gasteiger partial charge is 0.383 e. The average molecular weight is 307 g/mol. The van der Waals surface area contributed by atoms with E-state index in [0.717, 1.165) is 5.82 Å². The van der Waals surface area contributed by atoms with Crippen LogP contribution in [-0.2, 0) is 12.0 Å². The van der Waals surface area contributed by atoms with Gasteiger partial charge in [-0.25, -0.2) is 9.37 Å². The molecule has 0 saturated carbocycles. The number of aromatic amines is 1. The van der Waals surface area contributed by atoms with Crippen molar-refractivity contribution >= 4 is 17.4 Å². The number of nitrogens with two attached hydrogens (primary N) is 1. The molecule has 0 unspecified atom stereocenters. The van der Waals surface area contributed by atoms with Crippen LogP contribution in [0.15, 0.2) is 17.1 Å². The topological polar surface area (TPSA) is 67.1 Å². The summed E-state index contributed by atoms with van der Waals surface area (Å²) in [5, 5.41) is 0.339. The van der Waals surface area contributed by atoms with Gasteiger partial charge in [-0.2, -0.15) is 0 Å². The van der Waals surface area contributed by atoms with Crippen LogP contribution in [0.4, 0.5) is 4.39 Å². The number of aromatic nitrogens is 2. The van der Waals surface area contributed by atoms with Crippen LogP contribution in [0.3, 0.4) is 0 Å². The summed E-state index contributed by atoms with van der Waals surface area (Å²) in [7, 11) is 0. The molecule has 21 heavy (non-hydrogen) atoms. The summed E-state index contributed by atoms with van der Waals surface area (Å²) in [5.74, 6) is 0.739. The van der Waals surface area contributed by atoms with Gasteiger partial charge in [0.25, 0.3) is 0 Å². The summed E-state index contributed by atoms with van der Waals surface area (Å²) in [6.07, 6.45) is 0. The van der Waals surface area contributed by atoms with E-state index in [2.05, 4.69) is 15.0 Å². The van der Waals surface area contributed by atoms with E-state index in [-0.39, 0.29) is 17.8 Å². The fraction of sp³-hybridized carbons (Fsp3) is 0.333. The SMILES string of the molecule is CC(C)(C)c1nc(-c2ccc3c(c2F)CN=C3N)c(Cl)[nH]1. The van der Waals surface area contributed by atoms with E-state index in [4.69, 9.17) is 17.3 Å². The van der Waals surface area contributed by atoms with Crippen molar-refractivity contribution < 1.29 is 4.39 Å². The summed E-state index contributed by atoms with van der Waals surface area (Å²) < 4.78 is 14.7. The molecular weight excluding hydrogens is 291 g/mol. The Morgan fingerprint density at radius 2 is 1.95 bits per heavy atom. The molecule has 0 aliphatic carbocycles. The normalized spacial score (nSPS) is 14.2. The Balaban J connectivity index is 2.13. The predicted octanol–water partition coefficient (Wildman–Crippen LogP) is 3.39. The molecule has 0 fully saturated rings. The standard InChI is InChI=1S/C15H16ClFN4/c1-15(2,3)14-20-11(12(16)21-14)8-5-4-7-9(10(8)17)6-19-13(7)18/h4-5H,6H2,1-3H3,(H2,18,19)(H,20,21). The first-order valence-electron chi connectivity index (χ1n) is 6.67. The lowest BCUT2D eigenvalue weighted by molar-refractivity contribution is 0.552. The molecule has 110 valence electrons. The number of amidine groups is 1. The predicted molar refractivity (Wildman–Crippen MR) is 82.1 cm³/mol. The minimum atomic E-state index is -0.356. The summed E-state index contributed by atoms with van der Waals surface area (Å²) in [5.41, 5.74) is 7.49. The van der Waals surface area contributed by atoms with Crippen LogP contribution in [0.1, 0.15) is 37.7 Å². The van der Waals surface area contributed by atoms with E-state index in [1.54, 1.807) is 12.1 Å². The molecule has 4 nitrogen and oxygen atoms in total. The van der Waals surface area contributed by atoms with Gasteiger partial charge in [0.05, 0.1) is 6.54 Å². The van der Waals surface area contributed by atoms with Gasteiger partial charge in [-0.1, -0.05) is 38.4 Å². The molecule has 2 aromatic rings. The number of hydrogen-bond acceptors (Lipinski definition) is 3. The van der Waals surface area contributed by atoms with Crippen LogP contribution in [-0.4, -0.2) is 15.8 Å². The quantitative estimate of drug-likeness (QED) is 0.848. The van der Waals surface area contributed by atoms with E-state index in [1.807, 2.05) is 20.8 Å². The van der Waals surface area contributed by atoms with Crippen LogP contribution in [0.25, 0.3) is 11.3 Å². The molecule has 1 aromatic carbocycles. The van der Waals surface area contributed by atoms with Crippen LogP contribution < -0.4 is 5.73 Å². The zero-order valence-corrected chi connectivity index (χ0v) is 12.8. The number of imidazole rings is 1. The van der Waals surface area contributed by atoms with Crippen molar-refractivity contribution in [3.63, 3.8) is 0 Å². The van der Waals surface area contributed by atoms with E-state index in [9.17, 15) is 4.39 Å². The first-order chi connectivity index (χ1) is 9.79. The highest BCUT2D eigenvalue weighted by atomic mass is 35.5. The zero-order valence-electron chi connectivity index (χ0n) is 12.1. The molecule has 1 aromatic heterocycles. The van der Waals surface area contributed by atoms with Crippen LogP contribution in [0.5, 0.6) is 0 Å². The van der Waals surface area contributed by atoms with Gasteiger partial charge in [0.2, 0.25) is 0 Å². The number of hydrogen-bond donors (Lipinski definition) is 2. The second-order valence-electron chi connectivity index (χ2n) is 6.15. The van der Waals surface area contributed by atoms with Crippen molar-refractivity contribution in [2.24, 2.45) is 10.7 Å². The Labute approximate surface area is 127 Å². The Morgan fingerprint density at radius 1 is 1.29 bits per heavy atom. The highest BCUT2D eigenvalue weighted by molar-refractivity contribution is 6.32. The van der Waals surface area contributed by atoms with Gasteiger partial charge in [0.1, 0.15) is 28.3 Å². The van der Waals surface area contributed by atoms with E-state index in [0.29, 0.717) is 33.4 Å². The number of nitrogens with one attached hydrogen (secondary N) is 1. The highest BCUT2D eigenvalue weighted by Crippen LogP contribution is 2.34. The molecule has 3 N–H and O–H groups in total. The van der Waals surface area contributed by atoms with Crippen LogP contribution in [0, 0.1) is 5.82 Å². The van der Waals surface area contributed by atoms with Crippen molar-refractivity contribution in [1.82, 2.24) is 9.97 Å². The molecule has 0 amide bonds. The molecule has 2 heterocycles. The smallest absolute Gasteiger partial charge is 0.138 e. The summed E-state index contributed by atoms with van der Waals surface area (Å²) in [6, 6.07) is 3.41. The van der Waals surface area contributed by atoms with Gasteiger partial charge < -0.3 is 10.7 Å². The third-order valence-electron chi connectivity index (χ3n) is 3.55. The zero-order chi connectivity index (χ0) is 15.4. The highest BCUT2D eigenvalue weighted by Gasteiger charge is 2.25. The second-order valence-corrected chi connectivity index (χ2v) is 6.53. The molecule has 0 bridgehead atoms. The lowest BCUT2D eigenvalue weighted by Gasteiger charge is -2.13. The van der Waals surface area contributed by atoms with Crippen molar-refractivity contribution in [2.45, 2.75) is 32.7 Å². The number of fused-ring (bicyclic) bond motifs is 1. The number of aliphatic imine (C=N–C) groups is 1. The van der Waals surface area contributed by atoms with Gasteiger partial charge >= 0.3 is 0 Å². The average Bonchev–Trinajstić information content (AvgIpc) is 2.95. The lowest BCUT2D eigenvalue weighted by atomic mass is 9.96. The maximum Gasteiger partial charge on any atom is 0.138 e. The van der Waals surface area contributed by atoms with Gasteiger partial charge in [-0.3, -0.25) is 4.99 Å². The Bertz CT molecular complexity index is 756. The second kappa shape index (κ2) is 4.56. The number of H-pyrrole nitrogens is 1. The first kappa shape index (κ1) is 14.1. The van der Waals surface area contributed by atoms with E-state index < -0.39 is 0 Å². The van der Waals surface area contributed by atoms with Gasteiger partial charge in [-0.05, 0) is 6.07 Å². The Kier molecular flexibility index (Phi) is 3.06. The maximum atomic E-state index is 14.7. The molecule has 0 atom stereocenters. The number of benzene rings is 1. The minimum absolute atomic E-state index is 0.192. The van der Waals surface area contributed by atoms with Crippen LogP contribution in [0.2, 0.25) is 5.15 Å². The van der Waals surface area contributed by atoms with Gasteiger partial charge in [-0.15, -0.1) is 0 Å². The monoisotopic (exact) mass is 306 g/mol. The van der Waals surface area contributed by atoms with Crippen molar-refractivity contribution in [2.75, 3.05) is 0 Å². The van der Waals surface area contributed by atoms with Crippen molar-refractivity contribution in [1.29, 1.82) is 0 Å². The van der Waals surface area contributed by atoms with Gasteiger partial charge in [0, 0.05) is 22.1 Å². The molecule has 1 aliphatic rings. The maximum absolute atomic E-state index is 14.7. The Morgan fingerprint density at radius 3 is 2.57 bits per heavy atom. The van der Waals surface area contributed by atoms with Crippen molar-refractivity contribution in [3.05, 3.63) is 40.1 Å². The summed E-state index contributed by atoms with van der Waals surface area (Å²) in [6.45, 7) is 6.30. The molecule has 0 saturated heterocycles. The molecule has 3 rings (SSSR count). The van der Waals surface area contributed by atoms with Gasteiger partial charge in [0.15, 0.2) is 0 Å². The number of nitrogens with zero attached hydrogens (tertiary/aromatic N) is 2. The molecule has 6 heteroatoms. The summed E-state index contributed by atoms with van der Waals surface area (Å²) >= 11 is 6.20. The Hall–Kier alpha value is -1.88. The molecule has 0 spiro atoms. The van der Waals surface area contributed by atoms with E-state index in [1.165, 1.54) is 0 Å². The molecule has 0 radical (unpaired) electrons. The lowest BCUT2D eigenvalue weighted by Crippen LogP contribution is -2.13. The van der Waals surface area contributed by atoms with Crippen molar-refractivity contribution in [3.8, 4) is 11.3 Å². The molecule has 1 aliphatic heterocycles. The number of rotatable bonds is 1. The first-order valence-corrected chi connectivity index (χ1v) is 7.05.